The van der Waals surface area contributed by atoms with Crippen molar-refractivity contribution in [3.8, 4) is 0 Å². The van der Waals surface area contributed by atoms with Gasteiger partial charge in [0.2, 0.25) is 11.8 Å². The third kappa shape index (κ3) is 4.47. The summed E-state index contributed by atoms with van der Waals surface area (Å²) in [7, 11) is 0. The van der Waals surface area contributed by atoms with Crippen LogP contribution in [0.3, 0.4) is 0 Å². The molecular formula is C20H25F3N2O2S. The van der Waals surface area contributed by atoms with Gasteiger partial charge in [0.15, 0.2) is 0 Å². The SMILES string of the molecule is CC(C)C[C@@H](C(=O)N1CCCC1)N1C(=O)CS[C@@H]1c1cccc(C(F)(F)F)c1. The van der Waals surface area contributed by atoms with Crippen molar-refractivity contribution in [1.82, 2.24) is 9.80 Å². The number of benzene rings is 1. The summed E-state index contributed by atoms with van der Waals surface area (Å²) >= 11 is 1.28. The molecule has 0 aromatic heterocycles. The molecule has 0 bridgehead atoms. The Morgan fingerprint density at radius 3 is 2.54 bits per heavy atom. The van der Waals surface area contributed by atoms with Crippen molar-refractivity contribution in [3.05, 3.63) is 35.4 Å². The summed E-state index contributed by atoms with van der Waals surface area (Å²) in [5, 5.41) is -0.579. The molecule has 0 N–H and O–H groups in total. The smallest absolute Gasteiger partial charge is 0.341 e. The molecule has 0 spiro atoms. The van der Waals surface area contributed by atoms with E-state index in [1.807, 2.05) is 13.8 Å². The van der Waals surface area contributed by atoms with Gasteiger partial charge in [0.25, 0.3) is 0 Å². The zero-order valence-corrected chi connectivity index (χ0v) is 16.9. The molecule has 3 rings (SSSR count). The van der Waals surface area contributed by atoms with Gasteiger partial charge in [0.1, 0.15) is 11.4 Å². The predicted octanol–water partition coefficient (Wildman–Crippen LogP) is 4.32. The fourth-order valence-corrected chi connectivity index (χ4v) is 5.04. The van der Waals surface area contributed by atoms with E-state index >= 15 is 0 Å². The third-order valence-electron chi connectivity index (χ3n) is 5.14. The Balaban J connectivity index is 1.93. The van der Waals surface area contributed by atoms with E-state index in [0.717, 1.165) is 25.0 Å². The van der Waals surface area contributed by atoms with Crippen LogP contribution in [0.25, 0.3) is 0 Å². The number of rotatable bonds is 5. The summed E-state index contributed by atoms with van der Waals surface area (Å²) < 4.78 is 39.4. The number of hydrogen-bond acceptors (Lipinski definition) is 3. The molecule has 28 heavy (non-hydrogen) atoms. The van der Waals surface area contributed by atoms with E-state index in [-0.39, 0.29) is 23.5 Å². The maximum absolute atomic E-state index is 13.2. The highest BCUT2D eigenvalue weighted by Crippen LogP contribution is 2.43. The lowest BCUT2D eigenvalue weighted by Crippen LogP contribution is -2.50. The van der Waals surface area contributed by atoms with Crippen LogP contribution in [-0.2, 0) is 15.8 Å². The molecule has 2 atom stereocenters. The van der Waals surface area contributed by atoms with Crippen LogP contribution in [0.4, 0.5) is 13.2 Å². The van der Waals surface area contributed by atoms with E-state index in [1.165, 1.54) is 22.7 Å². The summed E-state index contributed by atoms with van der Waals surface area (Å²) in [6.45, 7) is 5.32. The van der Waals surface area contributed by atoms with Crippen LogP contribution in [0.15, 0.2) is 24.3 Å². The van der Waals surface area contributed by atoms with Crippen molar-refractivity contribution in [2.24, 2.45) is 5.92 Å². The second-order valence-corrected chi connectivity index (χ2v) is 8.83. The van der Waals surface area contributed by atoms with Crippen molar-refractivity contribution >= 4 is 23.6 Å². The number of carbonyl (C=O) groups excluding carboxylic acids is 2. The van der Waals surface area contributed by atoms with Gasteiger partial charge in [-0.3, -0.25) is 9.59 Å². The summed E-state index contributed by atoms with van der Waals surface area (Å²) in [6, 6.07) is 4.44. The Morgan fingerprint density at radius 1 is 1.25 bits per heavy atom. The number of hydrogen-bond donors (Lipinski definition) is 0. The molecule has 2 aliphatic rings. The minimum atomic E-state index is -4.45. The Morgan fingerprint density at radius 2 is 1.93 bits per heavy atom. The first-order chi connectivity index (χ1) is 13.2. The lowest BCUT2D eigenvalue weighted by atomic mass is 9.99. The number of carbonyl (C=O) groups is 2. The Kier molecular flexibility index (Phi) is 6.27. The van der Waals surface area contributed by atoms with E-state index < -0.39 is 23.2 Å². The first-order valence-corrected chi connectivity index (χ1v) is 10.6. The summed E-state index contributed by atoms with van der Waals surface area (Å²) in [6.07, 6.45) is -2.06. The number of amides is 2. The Bertz CT molecular complexity index is 732. The largest absolute Gasteiger partial charge is 0.416 e. The van der Waals surface area contributed by atoms with Gasteiger partial charge in [0.05, 0.1) is 11.3 Å². The van der Waals surface area contributed by atoms with E-state index in [2.05, 4.69) is 0 Å². The predicted molar refractivity (Wildman–Crippen MR) is 103 cm³/mol. The monoisotopic (exact) mass is 414 g/mol. The fourth-order valence-electron chi connectivity index (χ4n) is 3.83. The Labute approximate surface area is 167 Å². The fraction of sp³-hybridized carbons (Fsp3) is 0.600. The second kappa shape index (κ2) is 8.35. The first-order valence-electron chi connectivity index (χ1n) is 9.57. The van der Waals surface area contributed by atoms with Crippen LogP contribution in [-0.4, -0.2) is 46.5 Å². The van der Waals surface area contributed by atoms with Crippen molar-refractivity contribution in [3.63, 3.8) is 0 Å². The van der Waals surface area contributed by atoms with Crippen molar-refractivity contribution in [2.75, 3.05) is 18.8 Å². The van der Waals surface area contributed by atoms with Gasteiger partial charge >= 0.3 is 6.18 Å². The van der Waals surface area contributed by atoms with Crippen molar-refractivity contribution < 1.29 is 22.8 Å². The average molecular weight is 414 g/mol. The van der Waals surface area contributed by atoms with Gasteiger partial charge in [0, 0.05) is 13.1 Å². The first kappa shape index (κ1) is 21.0. The van der Waals surface area contributed by atoms with Crippen molar-refractivity contribution in [1.29, 1.82) is 0 Å². The molecule has 0 saturated carbocycles. The maximum Gasteiger partial charge on any atom is 0.416 e. The molecule has 2 saturated heterocycles. The Hall–Kier alpha value is -1.70. The molecule has 2 heterocycles. The molecule has 154 valence electrons. The lowest BCUT2D eigenvalue weighted by molar-refractivity contribution is -0.144. The van der Waals surface area contributed by atoms with Crippen LogP contribution in [0.5, 0.6) is 0 Å². The highest BCUT2D eigenvalue weighted by Gasteiger charge is 2.43. The van der Waals surface area contributed by atoms with Gasteiger partial charge in [-0.15, -0.1) is 11.8 Å². The highest BCUT2D eigenvalue weighted by atomic mass is 32.2. The summed E-state index contributed by atoms with van der Waals surface area (Å²) in [4.78, 5) is 29.2. The number of halogens is 3. The van der Waals surface area contributed by atoms with E-state index in [0.29, 0.717) is 25.1 Å². The van der Waals surface area contributed by atoms with Crippen LogP contribution in [0.2, 0.25) is 0 Å². The number of nitrogens with zero attached hydrogens (tertiary/aromatic N) is 2. The zero-order valence-electron chi connectivity index (χ0n) is 16.0. The maximum atomic E-state index is 13.2. The van der Waals surface area contributed by atoms with E-state index in [4.69, 9.17) is 0 Å². The zero-order chi connectivity index (χ0) is 20.5. The molecule has 2 amide bonds. The van der Waals surface area contributed by atoms with Crippen LogP contribution in [0.1, 0.15) is 49.6 Å². The molecule has 8 heteroatoms. The molecule has 0 radical (unpaired) electrons. The molecule has 2 fully saturated rings. The molecule has 4 nitrogen and oxygen atoms in total. The number of likely N-dealkylation sites (tertiary alicyclic amines) is 1. The molecular weight excluding hydrogens is 389 g/mol. The van der Waals surface area contributed by atoms with Gasteiger partial charge in [-0.2, -0.15) is 13.2 Å². The lowest BCUT2D eigenvalue weighted by Gasteiger charge is -2.35. The third-order valence-corrected chi connectivity index (χ3v) is 6.37. The summed E-state index contributed by atoms with van der Waals surface area (Å²) in [5.74, 6) is 0.0738. The molecule has 0 unspecified atom stereocenters. The minimum absolute atomic E-state index is 0.0842. The minimum Gasteiger partial charge on any atom is -0.341 e. The molecule has 2 aliphatic heterocycles. The second-order valence-electron chi connectivity index (χ2n) is 7.77. The van der Waals surface area contributed by atoms with Crippen LogP contribution in [0, 0.1) is 5.92 Å². The quantitative estimate of drug-likeness (QED) is 0.721. The standard InChI is InChI=1S/C20H25F3N2O2S/c1-13(2)10-16(18(27)24-8-3-4-9-24)25-17(26)12-28-19(25)14-6-5-7-15(11-14)20(21,22)23/h5-7,11,13,16,19H,3-4,8-10,12H2,1-2H3/t16-,19+/m0/s1. The van der Waals surface area contributed by atoms with E-state index in [9.17, 15) is 22.8 Å². The number of alkyl halides is 3. The van der Waals surface area contributed by atoms with Crippen LogP contribution >= 0.6 is 11.8 Å². The average Bonchev–Trinajstić information content (AvgIpc) is 3.28. The summed E-state index contributed by atoms with van der Waals surface area (Å²) in [5.41, 5.74) is -0.329. The van der Waals surface area contributed by atoms with Crippen LogP contribution < -0.4 is 0 Å². The molecule has 0 aliphatic carbocycles. The molecule has 1 aromatic carbocycles. The van der Waals surface area contributed by atoms with Gasteiger partial charge < -0.3 is 9.80 Å². The normalized spacial score (nSPS) is 21.6. The van der Waals surface area contributed by atoms with Crippen molar-refractivity contribution in [2.45, 2.75) is 50.7 Å². The van der Waals surface area contributed by atoms with Gasteiger partial charge in [-0.25, -0.2) is 0 Å². The number of thioether (sulfide) groups is 1. The van der Waals surface area contributed by atoms with Gasteiger partial charge in [-0.05, 0) is 42.9 Å². The van der Waals surface area contributed by atoms with Gasteiger partial charge in [-0.1, -0.05) is 26.0 Å². The van der Waals surface area contributed by atoms with E-state index in [1.54, 1.807) is 11.0 Å². The topological polar surface area (TPSA) is 40.6 Å². The molecule has 1 aromatic rings. The highest BCUT2D eigenvalue weighted by molar-refractivity contribution is 8.00.